The van der Waals surface area contributed by atoms with Gasteiger partial charge in [-0.1, -0.05) is 6.92 Å². The fourth-order valence-corrected chi connectivity index (χ4v) is 1.13. The van der Waals surface area contributed by atoms with Crippen LogP contribution in [0.15, 0.2) is 18.2 Å². The Morgan fingerprint density at radius 3 is 2.58 bits per heavy atom. The first kappa shape index (κ1) is 8.78. The van der Waals surface area contributed by atoms with E-state index in [-0.39, 0.29) is 11.5 Å². The summed E-state index contributed by atoms with van der Waals surface area (Å²) in [5.74, 6) is 0.223. The third-order valence-electron chi connectivity index (χ3n) is 1.71. The smallest absolute Gasteiger partial charge is 0.162 e. The molecule has 0 spiro atoms. The van der Waals surface area contributed by atoms with Gasteiger partial charge in [-0.2, -0.15) is 0 Å². The molecule has 0 bridgehead atoms. The van der Waals surface area contributed by atoms with E-state index in [2.05, 4.69) is 0 Å². The van der Waals surface area contributed by atoms with Gasteiger partial charge >= 0.3 is 0 Å². The van der Waals surface area contributed by atoms with Crippen LogP contribution in [0.3, 0.4) is 0 Å². The minimum Gasteiger partial charge on any atom is -0.508 e. The van der Waals surface area contributed by atoms with Crippen molar-refractivity contribution in [2.24, 2.45) is 0 Å². The third kappa shape index (κ3) is 1.84. The van der Waals surface area contributed by atoms with Gasteiger partial charge in [0.05, 0.1) is 0 Å². The molecule has 64 valence electrons. The fraction of sp³-hybridized carbons (Fsp3) is 0.300. The van der Waals surface area contributed by atoms with Gasteiger partial charge in [-0.25, -0.2) is 0 Å². The molecule has 0 radical (unpaired) electrons. The highest BCUT2D eigenvalue weighted by atomic mass is 16.3. The number of ketones is 1. The Hall–Kier alpha value is -1.31. The van der Waals surface area contributed by atoms with Crippen molar-refractivity contribution < 1.29 is 9.90 Å². The molecule has 1 rings (SSSR count). The number of carbonyl (C=O) groups excluding carboxylic acids is 1. The maximum Gasteiger partial charge on any atom is 0.162 e. The van der Waals surface area contributed by atoms with E-state index >= 15 is 0 Å². The lowest BCUT2D eigenvalue weighted by atomic mass is 10.1. The van der Waals surface area contributed by atoms with E-state index in [0.29, 0.717) is 12.0 Å². The lowest BCUT2D eigenvalue weighted by molar-refractivity contribution is 0.0987. The van der Waals surface area contributed by atoms with Gasteiger partial charge in [0, 0.05) is 12.0 Å². The SMILES string of the molecule is CCC(=O)c1cc(C)cc(O)c1. The van der Waals surface area contributed by atoms with Crippen LogP contribution in [0, 0.1) is 6.92 Å². The normalized spacial score (nSPS) is 9.83. The fourth-order valence-electron chi connectivity index (χ4n) is 1.13. The van der Waals surface area contributed by atoms with Gasteiger partial charge in [0.15, 0.2) is 5.78 Å². The molecule has 2 heteroatoms. The van der Waals surface area contributed by atoms with Crippen LogP contribution >= 0.6 is 0 Å². The lowest BCUT2D eigenvalue weighted by Gasteiger charge is -2.00. The molecule has 0 atom stereocenters. The Labute approximate surface area is 71.8 Å². The largest absolute Gasteiger partial charge is 0.508 e. The van der Waals surface area contributed by atoms with E-state index in [4.69, 9.17) is 0 Å². The Morgan fingerprint density at radius 2 is 2.08 bits per heavy atom. The van der Waals surface area contributed by atoms with Crippen LogP contribution in [-0.4, -0.2) is 10.9 Å². The third-order valence-corrected chi connectivity index (χ3v) is 1.71. The summed E-state index contributed by atoms with van der Waals surface area (Å²) < 4.78 is 0. The molecule has 1 N–H and O–H groups in total. The van der Waals surface area contributed by atoms with E-state index in [1.165, 1.54) is 6.07 Å². The molecule has 0 aliphatic rings. The number of benzene rings is 1. The van der Waals surface area contributed by atoms with Gasteiger partial charge in [0.1, 0.15) is 5.75 Å². The van der Waals surface area contributed by atoms with Crippen molar-refractivity contribution in [3.8, 4) is 5.75 Å². The highest BCUT2D eigenvalue weighted by Gasteiger charge is 2.04. The Balaban J connectivity index is 3.08. The number of hydrogen-bond acceptors (Lipinski definition) is 2. The van der Waals surface area contributed by atoms with E-state index in [1.54, 1.807) is 12.1 Å². The molecule has 12 heavy (non-hydrogen) atoms. The van der Waals surface area contributed by atoms with Crippen LogP contribution in [0.25, 0.3) is 0 Å². The van der Waals surface area contributed by atoms with E-state index in [0.717, 1.165) is 5.56 Å². The summed E-state index contributed by atoms with van der Waals surface area (Å²) in [6.45, 7) is 3.66. The van der Waals surface area contributed by atoms with Gasteiger partial charge in [0.25, 0.3) is 0 Å². The molecule has 0 heterocycles. The summed E-state index contributed by atoms with van der Waals surface area (Å²) in [4.78, 5) is 11.2. The van der Waals surface area contributed by atoms with Gasteiger partial charge in [-0.15, -0.1) is 0 Å². The van der Waals surface area contributed by atoms with Crippen molar-refractivity contribution in [3.05, 3.63) is 29.3 Å². The summed E-state index contributed by atoms with van der Waals surface area (Å²) >= 11 is 0. The minimum absolute atomic E-state index is 0.0639. The Bertz CT molecular complexity index is 282. The van der Waals surface area contributed by atoms with Gasteiger partial charge in [-0.3, -0.25) is 4.79 Å². The second-order valence-electron chi connectivity index (χ2n) is 2.83. The van der Waals surface area contributed by atoms with E-state index < -0.39 is 0 Å². The predicted molar refractivity (Wildman–Crippen MR) is 47.5 cm³/mol. The molecular weight excluding hydrogens is 152 g/mol. The Morgan fingerprint density at radius 1 is 1.42 bits per heavy atom. The van der Waals surface area contributed by atoms with Crippen molar-refractivity contribution in [2.45, 2.75) is 20.3 Å². The second-order valence-corrected chi connectivity index (χ2v) is 2.83. The molecule has 1 aromatic rings. The van der Waals surface area contributed by atoms with Crippen LogP contribution in [0.5, 0.6) is 5.75 Å². The topological polar surface area (TPSA) is 37.3 Å². The quantitative estimate of drug-likeness (QED) is 0.681. The zero-order chi connectivity index (χ0) is 9.14. The molecule has 0 saturated carbocycles. The number of hydrogen-bond donors (Lipinski definition) is 1. The first-order valence-corrected chi connectivity index (χ1v) is 3.97. The predicted octanol–water partition coefficient (Wildman–Crippen LogP) is 2.29. The number of carbonyl (C=O) groups is 1. The minimum atomic E-state index is 0.0639. The van der Waals surface area contributed by atoms with Gasteiger partial charge in [0.2, 0.25) is 0 Å². The monoisotopic (exact) mass is 164 g/mol. The molecule has 0 aromatic heterocycles. The van der Waals surface area contributed by atoms with Crippen molar-refractivity contribution in [1.82, 2.24) is 0 Å². The molecule has 0 aliphatic carbocycles. The summed E-state index contributed by atoms with van der Waals surface area (Å²) in [6, 6.07) is 4.91. The van der Waals surface area contributed by atoms with Crippen molar-refractivity contribution in [3.63, 3.8) is 0 Å². The molecule has 0 saturated heterocycles. The number of phenols is 1. The maximum atomic E-state index is 11.2. The Kier molecular flexibility index (Phi) is 2.48. The highest BCUT2D eigenvalue weighted by molar-refractivity contribution is 5.96. The van der Waals surface area contributed by atoms with Crippen LogP contribution in [0.4, 0.5) is 0 Å². The van der Waals surface area contributed by atoms with Crippen LogP contribution in [-0.2, 0) is 0 Å². The molecular formula is C10H12O2. The van der Waals surface area contributed by atoms with Crippen LogP contribution in [0.2, 0.25) is 0 Å². The summed E-state index contributed by atoms with van der Waals surface area (Å²) in [6.07, 6.45) is 0.475. The van der Waals surface area contributed by atoms with E-state index in [1.807, 2.05) is 13.8 Å². The van der Waals surface area contributed by atoms with Crippen molar-refractivity contribution in [1.29, 1.82) is 0 Å². The summed E-state index contributed by atoms with van der Waals surface area (Å²) in [5.41, 5.74) is 1.50. The highest BCUT2D eigenvalue weighted by Crippen LogP contribution is 2.15. The zero-order valence-corrected chi connectivity index (χ0v) is 7.29. The molecule has 0 aliphatic heterocycles. The molecule has 0 fully saturated rings. The number of aryl methyl sites for hydroxylation is 1. The van der Waals surface area contributed by atoms with Gasteiger partial charge < -0.3 is 5.11 Å². The number of Topliss-reactive ketones (excluding diaryl/α,β-unsaturated/α-hetero) is 1. The maximum absolute atomic E-state index is 11.2. The number of phenolic OH excluding ortho intramolecular Hbond substituents is 1. The molecule has 0 unspecified atom stereocenters. The average Bonchev–Trinajstić information content (AvgIpc) is 2.01. The first-order valence-electron chi connectivity index (χ1n) is 3.97. The lowest BCUT2D eigenvalue weighted by Crippen LogP contribution is -1.96. The first-order chi connectivity index (χ1) is 5.63. The number of rotatable bonds is 2. The summed E-state index contributed by atoms with van der Waals surface area (Å²) in [7, 11) is 0. The molecule has 2 nitrogen and oxygen atoms in total. The standard InChI is InChI=1S/C10H12O2/c1-3-10(12)8-4-7(2)5-9(11)6-8/h4-6,11H,3H2,1-2H3. The number of aromatic hydroxyl groups is 1. The van der Waals surface area contributed by atoms with E-state index in [9.17, 15) is 9.90 Å². The summed E-state index contributed by atoms with van der Waals surface area (Å²) in [5, 5.41) is 9.19. The average molecular weight is 164 g/mol. The molecule has 0 amide bonds. The second kappa shape index (κ2) is 3.39. The van der Waals surface area contributed by atoms with Crippen LogP contribution < -0.4 is 0 Å². The molecule has 1 aromatic carbocycles. The zero-order valence-electron chi connectivity index (χ0n) is 7.29. The van der Waals surface area contributed by atoms with Crippen molar-refractivity contribution in [2.75, 3.05) is 0 Å². The van der Waals surface area contributed by atoms with Gasteiger partial charge in [-0.05, 0) is 30.7 Å². The van der Waals surface area contributed by atoms with Crippen molar-refractivity contribution >= 4 is 5.78 Å². The van der Waals surface area contributed by atoms with Crippen LogP contribution in [0.1, 0.15) is 29.3 Å².